The Kier molecular flexibility index (Phi) is 2.77. The Labute approximate surface area is 112 Å². The second kappa shape index (κ2) is 4.46. The SMILES string of the molecule is C1CC2CC(Nc3nnc(C4CC4)s3)CCN2C1. The van der Waals surface area contributed by atoms with E-state index in [1.165, 1.54) is 56.6 Å². The van der Waals surface area contributed by atoms with Gasteiger partial charge in [0.1, 0.15) is 5.01 Å². The first-order valence-corrected chi connectivity index (χ1v) is 8.04. The minimum atomic E-state index is 0.615. The molecule has 0 amide bonds. The van der Waals surface area contributed by atoms with Gasteiger partial charge in [0.2, 0.25) is 5.13 Å². The summed E-state index contributed by atoms with van der Waals surface area (Å²) in [7, 11) is 0. The van der Waals surface area contributed by atoms with Gasteiger partial charge in [-0.05, 0) is 45.1 Å². The predicted molar refractivity (Wildman–Crippen MR) is 73.1 cm³/mol. The Bertz CT molecular complexity index is 428. The Hall–Kier alpha value is -0.680. The summed E-state index contributed by atoms with van der Waals surface area (Å²) in [6.45, 7) is 2.58. The normalized spacial score (nSPS) is 32.4. The molecule has 0 radical (unpaired) electrons. The molecule has 1 aliphatic carbocycles. The van der Waals surface area contributed by atoms with Gasteiger partial charge in [0, 0.05) is 24.5 Å². The molecule has 4 rings (SSSR count). The number of rotatable bonds is 3. The first-order chi connectivity index (χ1) is 8.88. The molecule has 98 valence electrons. The largest absolute Gasteiger partial charge is 0.357 e. The molecular formula is C13H20N4S. The molecule has 18 heavy (non-hydrogen) atoms. The number of nitrogens with one attached hydrogen (secondary N) is 1. The minimum Gasteiger partial charge on any atom is -0.357 e. The number of nitrogens with zero attached hydrogens (tertiary/aromatic N) is 3. The lowest BCUT2D eigenvalue weighted by Crippen LogP contribution is -2.42. The van der Waals surface area contributed by atoms with Crippen molar-refractivity contribution in [2.75, 3.05) is 18.4 Å². The molecule has 4 nitrogen and oxygen atoms in total. The molecular weight excluding hydrogens is 244 g/mol. The summed E-state index contributed by atoms with van der Waals surface area (Å²) in [5, 5.41) is 14.5. The Morgan fingerprint density at radius 2 is 2.06 bits per heavy atom. The zero-order valence-corrected chi connectivity index (χ0v) is 11.5. The topological polar surface area (TPSA) is 41.1 Å². The lowest BCUT2D eigenvalue weighted by Gasteiger charge is -2.34. The van der Waals surface area contributed by atoms with Crippen molar-refractivity contribution in [3.05, 3.63) is 5.01 Å². The van der Waals surface area contributed by atoms with Crippen LogP contribution < -0.4 is 5.32 Å². The van der Waals surface area contributed by atoms with Crippen LogP contribution in [0.4, 0.5) is 5.13 Å². The third-order valence-electron chi connectivity index (χ3n) is 4.52. The van der Waals surface area contributed by atoms with E-state index in [1.807, 2.05) is 0 Å². The summed E-state index contributed by atoms with van der Waals surface area (Å²) >= 11 is 1.78. The van der Waals surface area contributed by atoms with Gasteiger partial charge in [-0.25, -0.2) is 0 Å². The van der Waals surface area contributed by atoms with Gasteiger partial charge in [-0.2, -0.15) is 0 Å². The molecule has 3 fully saturated rings. The third-order valence-corrected chi connectivity index (χ3v) is 5.53. The molecule has 2 unspecified atom stereocenters. The van der Waals surface area contributed by atoms with Gasteiger partial charge < -0.3 is 10.2 Å². The quantitative estimate of drug-likeness (QED) is 0.910. The van der Waals surface area contributed by atoms with Crippen LogP contribution in [0.3, 0.4) is 0 Å². The third kappa shape index (κ3) is 2.14. The number of hydrogen-bond donors (Lipinski definition) is 1. The van der Waals surface area contributed by atoms with E-state index < -0.39 is 0 Å². The van der Waals surface area contributed by atoms with Crippen LogP contribution in [0.2, 0.25) is 0 Å². The Balaban J connectivity index is 1.38. The van der Waals surface area contributed by atoms with Crippen molar-refractivity contribution in [2.24, 2.45) is 0 Å². The number of piperidine rings is 1. The molecule has 0 aromatic carbocycles. The average molecular weight is 264 g/mol. The monoisotopic (exact) mass is 264 g/mol. The van der Waals surface area contributed by atoms with E-state index in [0.717, 1.165) is 17.1 Å². The maximum Gasteiger partial charge on any atom is 0.205 e. The zero-order valence-electron chi connectivity index (χ0n) is 10.6. The maximum atomic E-state index is 4.31. The average Bonchev–Trinajstić information content (AvgIpc) is 2.95. The molecule has 1 N–H and O–H groups in total. The number of aromatic nitrogens is 2. The second-order valence-electron chi connectivity index (χ2n) is 5.92. The predicted octanol–water partition coefficient (Wildman–Crippen LogP) is 2.45. The van der Waals surface area contributed by atoms with Crippen LogP contribution in [-0.2, 0) is 0 Å². The number of anilines is 1. The summed E-state index contributed by atoms with van der Waals surface area (Å²) in [5.41, 5.74) is 0. The van der Waals surface area contributed by atoms with Crippen LogP contribution in [-0.4, -0.2) is 40.3 Å². The highest BCUT2D eigenvalue weighted by Gasteiger charge is 2.32. The smallest absolute Gasteiger partial charge is 0.205 e. The van der Waals surface area contributed by atoms with Crippen LogP contribution in [0.25, 0.3) is 0 Å². The molecule has 3 aliphatic rings. The molecule has 2 saturated heterocycles. The summed E-state index contributed by atoms with van der Waals surface area (Å²) in [6, 6.07) is 1.44. The fourth-order valence-corrected chi connectivity index (χ4v) is 4.31. The molecule has 3 heterocycles. The highest BCUT2D eigenvalue weighted by atomic mass is 32.1. The summed E-state index contributed by atoms with van der Waals surface area (Å²) < 4.78 is 0. The Morgan fingerprint density at radius 1 is 1.11 bits per heavy atom. The van der Waals surface area contributed by atoms with E-state index in [4.69, 9.17) is 0 Å². The molecule has 5 heteroatoms. The standard InChI is InChI=1S/C13H20N4S/c1-2-11-8-10(5-7-17(11)6-1)14-13-16-15-12(18-13)9-3-4-9/h9-11H,1-8H2,(H,14,16). The second-order valence-corrected chi connectivity index (χ2v) is 6.93. The van der Waals surface area contributed by atoms with E-state index in [-0.39, 0.29) is 0 Å². The van der Waals surface area contributed by atoms with Crippen LogP contribution in [0.15, 0.2) is 0 Å². The minimum absolute atomic E-state index is 0.615. The van der Waals surface area contributed by atoms with Crippen molar-refractivity contribution in [1.82, 2.24) is 15.1 Å². The fraction of sp³-hybridized carbons (Fsp3) is 0.846. The highest BCUT2D eigenvalue weighted by molar-refractivity contribution is 7.15. The van der Waals surface area contributed by atoms with Gasteiger partial charge in [0.15, 0.2) is 0 Å². The first kappa shape index (κ1) is 11.2. The van der Waals surface area contributed by atoms with Crippen molar-refractivity contribution >= 4 is 16.5 Å². The Morgan fingerprint density at radius 3 is 2.94 bits per heavy atom. The van der Waals surface area contributed by atoms with E-state index >= 15 is 0 Å². The molecule has 0 bridgehead atoms. The van der Waals surface area contributed by atoms with E-state index in [2.05, 4.69) is 20.4 Å². The molecule has 0 spiro atoms. The lowest BCUT2D eigenvalue weighted by atomic mass is 9.98. The lowest BCUT2D eigenvalue weighted by molar-refractivity contribution is 0.188. The van der Waals surface area contributed by atoms with E-state index in [0.29, 0.717) is 6.04 Å². The van der Waals surface area contributed by atoms with Gasteiger partial charge in [0.25, 0.3) is 0 Å². The maximum absolute atomic E-state index is 4.31. The van der Waals surface area contributed by atoms with E-state index in [1.54, 1.807) is 11.3 Å². The highest BCUT2D eigenvalue weighted by Crippen LogP contribution is 2.42. The van der Waals surface area contributed by atoms with Gasteiger partial charge in [-0.3, -0.25) is 0 Å². The van der Waals surface area contributed by atoms with Gasteiger partial charge in [-0.1, -0.05) is 11.3 Å². The fourth-order valence-electron chi connectivity index (χ4n) is 3.32. The van der Waals surface area contributed by atoms with Crippen molar-refractivity contribution in [2.45, 2.75) is 56.5 Å². The molecule has 1 saturated carbocycles. The van der Waals surface area contributed by atoms with Gasteiger partial charge in [-0.15, -0.1) is 10.2 Å². The summed E-state index contributed by atoms with van der Waals surface area (Å²) in [6.07, 6.45) is 7.96. The number of fused-ring (bicyclic) bond motifs is 1. The summed E-state index contributed by atoms with van der Waals surface area (Å²) in [4.78, 5) is 2.66. The molecule has 1 aromatic rings. The van der Waals surface area contributed by atoms with Gasteiger partial charge >= 0.3 is 0 Å². The van der Waals surface area contributed by atoms with Crippen molar-refractivity contribution < 1.29 is 0 Å². The van der Waals surface area contributed by atoms with Crippen molar-refractivity contribution in [3.63, 3.8) is 0 Å². The molecule has 2 atom stereocenters. The van der Waals surface area contributed by atoms with Crippen LogP contribution >= 0.6 is 11.3 Å². The van der Waals surface area contributed by atoms with Crippen molar-refractivity contribution in [3.8, 4) is 0 Å². The van der Waals surface area contributed by atoms with Crippen LogP contribution in [0.5, 0.6) is 0 Å². The van der Waals surface area contributed by atoms with E-state index in [9.17, 15) is 0 Å². The first-order valence-electron chi connectivity index (χ1n) is 7.22. The van der Waals surface area contributed by atoms with Gasteiger partial charge in [0.05, 0.1) is 0 Å². The molecule has 2 aliphatic heterocycles. The zero-order chi connectivity index (χ0) is 11.9. The van der Waals surface area contributed by atoms with Crippen molar-refractivity contribution in [1.29, 1.82) is 0 Å². The number of hydrogen-bond acceptors (Lipinski definition) is 5. The van der Waals surface area contributed by atoms with Crippen LogP contribution in [0.1, 0.15) is 49.5 Å². The molecule has 1 aromatic heterocycles. The summed E-state index contributed by atoms with van der Waals surface area (Å²) in [5.74, 6) is 0.731. The van der Waals surface area contributed by atoms with Crippen LogP contribution in [0, 0.1) is 0 Å².